The van der Waals surface area contributed by atoms with E-state index in [1.807, 2.05) is 33.3 Å². The summed E-state index contributed by atoms with van der Waals surface area (Å²) in [5.41, 5.74) is 3.58. The van der Waals surface area contributed by atoms with E-state index in [-0.39, 0.29) is 37.2 Å². The molecule has 2 aromatic rings. The van der Waals surface area contributed by atoms with Gasteiger partial charge in [0.2, 0.25) is 0 Å². The predicted molar refractivity (Wildman–Crippen MR) is 135 cm³/mol. The van der Waals surface area contributed by atoms with Gasteiger partial charge in [0.1, 0.15) is 0 Å². The van der Waals surface area contributed by atoms with Crippen LogP contribution >= 0.6 is 0 Å². The van der Waals surface area contributed by atoms with Crippen LogP contribution in [0.5, 0.6) is 0 Å². The Labute approximate surface area is 234 Å². The zero-order valence-corrected chi connectivity index (χ0v) is 26.2. The van der Waals surface area contributed by atoms with Crippen molar-refractivity contribution in [1.29, 1.82) is 0 Å². The first-order valence-corrected chi connectivity index (χ1v) is 12.6. The van der Waals surface area contributed by atoms with Gasteiger partial charge in [-0.1, -0.05) is 65.5 Å². The first-order chi connectivity index (χ1) is 16.2. The van der Waals surface area contributed by atoms with E-state index in [0.717, 1.165) is 41.8 Å². The van der Waals surface area contributed by atoms with Crippen molar-refractivity contribution in [2.75, 3.05) is 13.6 Å². The van der Waals surface area contributed by atoms with E-state index in [2.05, 4.69) is 48.9 Å². The molecular formula is C29H40F3N2U-. The molecule has 2 heterocycles. The van der Waals surface area contributed by atoms with Gasteiger partial charge in [0.15, 0.2) is 0 Å². The van der Waals surface area contributed by atoms with E-state index in [4.69, 9.17) is 0 Å². The molecule has 2 atom stereocenters. The SMILES string of the molecule is CC.CCCCC(CC1=CCN(C)C(c2[c-]cc(C(F)(F)F)cc2)c2cnccc21)CC(C)C.[U]. The van der Waals surface area contributed by atoms with Crippen molar-refractivity contribution in [2.45, 2.75) is 78.9 Å². The molecular weight excluding hydrogens is 671 g/mol. The number of alkyl halides is 3. The number of nitrogens with zero attached hydrogens (tertiary/aromatic N) is 2. The number of fused-ring (bicyclic) bond motifs is 1. The molecule has 0 N–H and O–H groups in total. The molecule has 192 valence electrons. The summed E-state index contributed by atoms with van der Waals surface area (Å²) in [6.07, 6.45) is 7.48. The van der Waals surface area contributed by atoms with Gasteiger partial charge >= 0.3 is 6.18 Å². The molecule has 0 saturated carbocycles. The number of likely N-dealkylation sites (N-methyl/N-ethyl adjacent to an activating group) is 1. The molecule has 3 rings (SSSR count). The molecule has 1 aromatic heterocycles. The van der Waals surface area contributed by atoms with Gasteiger partial charge in [-0.15, -0.1) is 5.56 Å². The van der Waals surface area contributed by atoms with E-state index < -0.39 is 11.7 Å². The molecule has 35 heavy (non-hydrogen) atoms. The number of pyridine rings is 1. The van der Waals surface area contributed by atoms with Gasteiger partial charge in [0.05, 0.1) is 0 Å². The summed E-state index contributed by atoms with van der Waals surface area (Å²) in [5.74, 6) is 1.28. The maximum atomic E-state index is 13.0. The largest absolute Gasteiger partial charge is 0.370 e. The fraction of sp³-hybridized carbons (Fsp3) is 0.552. The molecule has 1 aliphatic heterocycles. The van der Waals surface area contributed by atoms with Crippen molar-refractivity contribution in [3.05, 3.63) is 71.1 Å². The first-order valence-electron chi connectivity index (χ1n) is 12.6. The summed E-state index contributed by atoms with van der Waals surface area (Å²) < 4.78 is 39.1. The van der Waals surface area contributed by atoms with Gasteiger partial charge in [-0.3, -0.25) is 9.88 Å². The van der Waals surface area contributed by atoms with Gasteiger partial charge in [-0.25, -0.2) is 0 Å². The van der Waals surface area contributed by atoms with Gasteiger partial charge in [-0.05, 0) is 54.5 Å². The van der Waals surface area contributed by atoms with Crippen LogP contribution in [0.1, 0.15) is 95.0 Å². The number of aromatic nitrogens is 1. The second kappa shape index (κ2) is 15.2. The fourth-order valence-corrected chi connectivity index (χ4v) is 4.78. The van der Waals surface area contributed by atoms with Crippen molar-refractivity contribution in [3.63, 3.8) is 0 Å². The monoisotopic (exact) mass is 711 g/mol. The zero-order valence-electron chi connectivity index (χ0n) is 22.0. The van der Waals surface area contributed by atoms with Crippen LogP contribution in [-0.4, -0.2) is 23.5 Å². The number of halogens is 3. The Bertz CT molecular complexity index is 907. The summed E-state index contributed by atoms with van der Waals surface area (Å²) in [5, 5.41) is 0. The smallest absolute Gasteiger partial charge is 0.294 e. The van der Waals surface area contributed by atoms with Gasteiger partial charge in [0, 0.05) is 56.1 Å². The van der Waals surface area contributed by atoms with Gasteiger partial charge in [-0.2, -0.15) is 37.4 Å². The minimum absolute atomic E-state index is 0. The van der Waals surface area contributed by atoms with Crippen LogP contribution in [0.15, 0.2) is 42.7 Å². The molecule has 0 saturated heterocycles. The normalized spacial score (nSPS) is 16.9. The summed E-state index contributed by atoms with van der Waals surface area (Å²) in [7, 11) is 2.01. The fourth-order valence-electron chi connectivity index (χ4n) is 4.78. The van der Waals surface area contributed by atoms with Crippen molar-refractivity contribution in [2.24, 2.45) is 11.8 Å². The summed E-state index contributed by atoms with van der Waals surface area (Å²) in [6, 6.07) is 8.54. The second-order valence-corrected chi connectivity index (χ2v) is 9.41. The second-order valence-electron chi connectivity index (χ2n) is 9.41. The molecule has 6 heteroatoms. The maximum Gasteiger partial charge on any atom is 0.370 e. The standard InChI is InChI=1S/C27H34F3N2.C2H6.U/c1-5-6-7-20(16-19(2)3)17-22-13-15-32(4)26(25-18-31-14-12-24(22)25)21-8-10-23(11-9-21)27(28,29)30;1-2;/h8,10-14,18-20,26H,5-7,15-17H2,1-4H3;1-2H3;/q-1;;. The quantitative estimate of drug-likeness (QED) is 0.255. The Morgan fingerprint density at radius 1 is 1.17 bits per heavy atom. The van der Waals surface area contributed by atoms with Crippen LogP contribution in [0.3, 0.4) is 0 Å². The number of hydrogen-bond donors (Lipinski definition) is 0. The Kier molecular flexibility index (Phi) is 13.9. The molecule has 0 spiro atoms. The molecule has 2 unspecified atom stereocenters. The Hall–Kier alpha value is -1.09. The molecule has 1 aromatic carbocycles. The summed E-state index contributed by atoms with van der Waals surface area (Å²) in [4.78, 5) is 6.53. The summed E-state index contributed by atoms with van der Waals surface area (Å²) in [6.45, 7) is 11.5. The number of rotatable bonds is 8. The van der Waals surface area contributed by atoms with Crippen LogP contribution < -0.4 is 0 Å². The third-order valence-corrected chi connectivity index (χ3v) is 6.30. The van der Waals surface area contributed by atoms with E-state index >= 15 is 0 Å². The zero-order chi connectivity index (χ0) is 25.3. The third kappa shape index (κ3) is 9.06. The average molecular weight is 712 g/mol. The molecule has 2 nitrogen and oxygen atoms in total. The van der Waals surface area contributed by atoms with Gasteiger partial charge < -0.3 is 0 Å². The molecule has 0 radical (unpaired) electrons. The van der Waals surface area contributed by atoms with Crippen molar-refractivity contribution < 1.29 is 44.3 Å². The van der Waals surface area contributed by atoms with E-state index in [1.165, 1.54) is 31.3 Å². The maximum absolute atomic E-state index is 13.0. The number of hydrogen-bond acceptors (Lipinski definition) is 2. The minimum Gasteiger partial charge on any atom is -0.294 e. The Balaban J connectivity index is 0.00000199. The van der Waals surface area contributed by atoms with Crippen LogP contribution in [0.25, 0.3) is 5.57 Å². The van der Waals surface area contributed by atoms with Crippen LogP contribution in [-0.2, 0) is 6.18 Å². The number of unbranched alkanes of at least 4 members (excludes halogenated alkanes) is 1. The number of benzene rings is 1. The van der Waals surface area contributed by atoms with E-state index in [1.54, 1.807) is 6.07 Å². The molecule has 1 aliphatic rings. The molecule has 0 amide bonds. The van der Waals surface area contributed by atoms with Crippen LogP contribution in [0.4, 0.5) is 13.2 Å². The summed E-state index contributed by atoms with van der Waals surface area (Å²) >= 11 is 0. The van der Waals surface area contributed by atoms with E-state index in [0.29, 0.717) is 11.8 Å². The van der Waals surface area contributed by atoms with Crippen molar-refractivity contribution >= 4 is 5.57 Å². The van der Waals surface area contributed by atoms with Crippen molar-refractivity contribution in [1.82, 2.24) is 9.88 Å². The van der Waals surface area contributed by atoms with Crippen molar-refractivity contribution in [3.8, 4) is 0 Å². The Morgan fingerprint density at radius 3 is 2.46 bits per heavy atom. The third-order valence-electron chi connectivity index (χ3n) is 6.30. The molecule has 0 aliphatic carbocycles. The number of allylic oxidation sites excluding steroid dienone is 1. The average Bonchev–Trinajstić information content (AvgIpc) is 2.94. The predicted octanol–water partition coefficient (Wildman–Crippen LogP) is 8.59. The first kappa shape index (κ1) is 31.9. The van der Waals surface area contributed by atoms with Crippen LogP contribution in [0, 0.1) is 49.0 Å². The van der Waals surface area contributed by atoms with Gasteiger partial charge in [0.25, 0.3) is 0 Å². The topological polar surface area (TPSA) is 16.1 Å². The van der Waals surface area contributed by atoms with Crippen LogP contribution in [0.2, 0.25) is 0 Å². The molecule has 0 fully saturated rings. The van der Waals surface area contributed by atoms with E-state index in [9.17, 15) is 13.2 Å². The minimum atomic E-state index is -4.36. The molecule has 0 bridgehead atoms. The Morgan fingerprint density at radius 2 is 1.89 bits per heavy atom.